The number of piperazine rings is 1. The second-order valence-electron chi connectivity index (χ2n) is 5.50. The largest absolute Gasteiger partial charge is 0.339 e. The van der Waals surface area contributed by atoms with Gasteiger partial charge in [0.25, 0.3) is 0 Å². The summed E-state index contributed by atoms with van der Waals surface area (Å²) in [6, 6.07) is 1.51. The molecule has 4 heteroatoms. The molecular formula is C13H25N3O. The lowest BCUT2D eigenvalue weighted by Crippen LogP contribution is -2.56. The van der Waals surface area contributed by atoms with Gasteiger partial charge in [0, 0.05) is 37.8 Å². The summed E-state index contributed by atoms with van der Waals surface area (Å²) in [7, 11) is 0. The van der Waals surface area contributed by atoms with E-state index in [1.54, 1.807) is 0 Å². The van der Waals surface area contributed by atoms with Crippen LogP contribution in [0.2, 0.25) is 0 Å². The molecule has 2 fully saturated rings. The topological polar surface area (TPSA) is 35.6 Å². The molecule has 2 atom stereocenters. The molecule has 1 aliphatic carbocycles. The molecule has 0 aromatic heterocycles. The van der Waals surface area contributed by atoms with Crippen molar-refractivity contribution in [2.45, 2.75) is 51.7 Å². The maximum atomic E-state index is 12.2. The fourth-order valence-electron chi connectivity index (χ4n) is 2.61. The highest BCUT2D eigenvalue weighted by atomic mass is 16.2. The van der Waals surface area contributed by atoms with E-state index in [-0.39, 0.29) is 0 Å². The molecule has 1 saturated heterocycles. The first-order valence-corrected chi connectivity index (χ1v) is 6.88. The highest BCUT2D eigenvalue weighted by Crippen LogP contribution is 2.26. The van der Waals surface area contributed by atoms with Gasteiger partial charge in [0.15, 0.2) is 0 Å². The highest BCUT2D eigenvalue weighted by Gasteiger charge is 2.33. The van der Waals surface area contributed by atoms with Crippen LogP contribution >= 0.6 is 0 Å². The van der Waals surface area contributed by atoms with Gasteiger partial charge in [-0.1, -0.05) is 0 Å². The van der Waals surface area contributed by atoms with Gasteiger partial charge in [-0.3, -0.25) is 9.69 Å². The van der Waals surface area contributed by atoms with Crippen molar-refractivity contribution in [2.24, 2.45) is 0 Å². The minimum absolute atomic E-state index is 0.316. The van der Waals surface area contributed by atoms with Crippen LogP contribution in [0.25, 0.3) is 0 Å². The van der Waals surface area contributed by atoms with Crippen molar-refractivity contribution in [1.29, 1.82) is 0 Å². The summed E-state index contributed by atoms with van der Waals surface area (Å²) < 4.78 is 0. The van der Waals surface area contributed by atoms with Crippen LogP contribution in [-0.2, 0) is 4.79 Å². The van der Waals surface area contributed by atoms with E-state index >= 15 is 0 Å². The van der Waals surface area contributed by atoms with E-state index in [1.807, 2.05) is 0 Å². The van der Waals surface area contributed by atoms with Gasteiger partial charge in [-0.15, -0.1) is 0 Å². The Bertz CT molecular complexity index is 278. The minimum atomic E-state index is 0.316. The first-order chi connectivity index (χ1) is 8.11. The third-order valence-electron chi connectivity index (χ3n) is 3.88. The molecule has 1 amide bonds. The summed E-state index contributed by atoms with van der Waals surface area (Å²) in [6.45, 7) is 9.89. The van der Waals surface area contributed by atoms with Crippen LogP contribution < -0.4 is 5.32 Å². The number of nitrogens with one attached hydrogen (secondary N) is 1. The van der Waals surface area contributed by atoms with Crippen molar-refractivity contribution in [3.05, 3.63) is 0 Å². The van der Waals surface area contributed by atoms with E-state index in [2.05, 4.69) is 35.9 Å². The fourth-order valence-corrected chi connectivity index (χ4v) is 2.61. The Labute approximate surface area is 104 Å². The van der Waals surface area contributed by atoms with E-state index in [1.165, 1.54) is 12.8 Å². The number of rotatable bonds is 4. The van der Waals surface area contributed by atoms with Crippen LogP contribution in [-0.4, -0.2) is 60.0 Å². The van der Waals surface area contributed by atoms with Gasteiger partial charge < -0.3 is 10.2 Å². The molecule has 0 bridgehead atoms. The predicted octanol–water partition coefficient (Wildman–Crippen LogP) is 0.680. The van der Waals surface area contributed by atoms with Crippen LogP contribution in [0.1, 0.15) is 33.6 Å². The Balaban J connectivity index is 1.87. The maximum absolute atomic E-state index is 12.2. The van der Waals surface area contributed by atoms with Crippen molar-refractivity contribution in [1.82, 2.24) is 15.1 Å². The van der Waals surface area contributed by atoms with Crippen molar-refractivity contribution in [3.63, 3.8) is 0 Å². The van der Waals surface area contributed by atoms with E-state index in [4.69, 9.17) is 0 Å². The quantitative estimate of drug-likeness (QED) is 0.783. The summed E-state index contributed by atoms with van der Waals surface area (Å²) in [6.07, 6.45) is 2.40. The average molecular weight is 239 g/mol. The second-order valence-corrected chi connectivity index (χ2v) is 5.50. The number of hydrogen-bond donors (Lipinski definition) is 1. The molecule has 4 nitrogen and oxygen atoms in total. The monoisotopic (exact) mass is 239 g/mol. The smallest absolute Gasteiger partial charge is 0.236 e. The van der Waals surface area contributed by atoms with E-state index in [0.29, 0.717) is 30.6 Å². The number of carbonyl (C=O) groups excluding carboxylic acids is 1. The van der Waals surface area contributed by atoms with Crippen molar-refractivity contribution < 1.29 is 4.79 Å². The zero-order valence-electron chi connectivity index (χ0n) is 11.3. The van der Waals surface area contributed by atoms with Crippen molar-refractivity contribution >= 4 is 5.91 Å². The summed E-state index contributed by atoms with van der Waals surface area (Å²) in [5.41, 5.74) is 0. The Kier molecular flexibility index (Phi) is 4.05. The molecule has 1 saturated carbocycles. The minimum Gasteiger partial charge on any atom is -0.339 e. The number of hydrogen-bond acceptors (Lipinski definition) is 3. The van der Waals surface area contributed by atoms with Gasteiger partial charge in [-0.05, 0) is 33.6 Å². The van der Waals surface area contributed by atoms with E-state index in [0.717, 1.165) is 19.6 Å². The van der Waals surface area contributed by atoms with E-state index in [9.17, 15) is 4.79 Å². The molecule has 1 aliphatic heterocycles. The first kappa shape index (κ1) is 12.8. The molecule has 0 spiro atoms. The molecule has 2 aliphatic rings. The summed E-state index contributed by atoms with van der Waals surface area (Å²) in [5, 5.41) is 3.45. The van der Waals surface area contributed by atoms with Crippen LogP contribution in [0.15, 0.2) is 0 Å². The summed E-state index contributed by atoms with van der Waals surface area (Å²) in [5.74, 6) is 0.316. The number of likely N-dealkylation sites (N-methyl/N-ethyl adjacent to an activating group) is 1. The fraction of sp³-hybridized carbons (Fsp3) is 0.923. The lowest BCUT2D eigenvalue weighted by atomic mass is 10.1. The molecule has 98 valence electrons. The van der Waals surface area contributed by atoms with Gasteiger partial charge in [0.2, 0.25) is 5.91 Å². The molecule has 2 unspecified atom stereocenters. The molecule has 1 heterocycles. The van der Waals surface area contributed by atoms with Gasteiger partial charge in [-0.25, -0.2) is 0 Å². The molecule has 2 rings (SSSR count). The number of nitrogens with zero attached hydrogens (tertiary/aromatic N) is 2. The molecule has 1 N–H and O–H groups in total. The molecule has 0 radical (unpaired) electrons. The lowest BCUT2D eigenvalue weighted by Gasteiger charge is -2.38. The molecule has 0 aromatic carbocycles. The molecular weight excluding hydrogens is 214 g/mol. The summed E-state index contributed by atoms with van der Waals surface area (Å²) >= 11 is 0. The average Bonchev–Trinajstić information content (AvgIpc) is 3.09. The molecule has 0 aromatic rings. The lowest BCUT2D eigenvalue weighted by molar-refractivity contribution is -0.133. The Morgan fingerprint density at radius 3 is 2.71 bits per heavy atom. The maximum Gasteiger partial charge on any atom is 0.236 e. The Morgan fingerprint density at radius 2 is 2.12 bits per heavy atom. The van der Waals surface area contributed by atoms with Gasteiger partial charge in [0.1, 0.15) is 0 Å². The zero-order valence-corrected chi connectivity index (χ0v) is 11.3. The normalized spacial score (nSPS) is 30.3. The third-order valence-corrected chi connectivity index (χ3v) is 3.88. The SMILES string of the molecule is CCN(C(=O)CN1CC(C)NCC1C)C1CC1. The Hall–Kier alpha value is -0.610. The molecule has 17 heavy (non-hydrogen) atoms. The van der Waals surface area contributed by atoms with Crippen LogP contribution in [0.3, 0.4) is 0 Å². The van der Waals surface area contributed by atoms with Crippen LogP contribution in [0, 0.1) is 0 Å². The Morgan fingerprint density at radius 1 is 1.41 bits per heavy atom. The van der Waals surface area contributed by atoms with Crippen molar-refractivity contribution in [2.75, 3.05) is 26.2 Å². The third kappa shape index (κ3) is 3.19. The standard InChI is InChI=1S/C13H25N3O/c1-4-16(12-5-6-12)13(17)9-15-8-10(2)14-7-11(15)3/h10-12,14H,4-9H2,1-3H3. The summed E-state index contributed by atoms with van der Waals surface area (Å²) in [4.78, 5) is 16.6. The van der Waals surface area contributed by atoms with Gasteiger partial charge in [-0.2, -0.15) is 0 Å². The van der Waals surface area contributed by atoms with Crippen LogP contribution in [0.4, 0.5) is 0 Å². The number of amides is 1. The number of carbonyl (C=O) groups is 1. The predicted molar refractivity (Wildman–Crippen MR) is 68.9 cm³/mol. The second kappa shape index (κ2) is 5.36. The zero-order chi connectivity index (χ0) is 12.4. The highest BCUT2D eigenvalue weighted by molar-refractivity contribution is 5.79. The van der Waals surface area contributed by atoms with Crippen molar-refractivity contribution in [3.8, 4) is 0 Å². The van der Waals surface area contributed by atoms with E-state index < -0.39 is 0 Å². The first-order valence-electron chi connectivity index (χ1n) is 6.88. The van der Waals surface area contributed by atoms with Crippen LogP contribution in [0.5, 0.6) is 0 Å². The van der Waals surface area contributed by atoms with Gasteiger partial charge >= 0.3 is 0 Å². The van der Waals surface area contributed by atoms with Gasteiger partial charge in [0.05, 0.1) is 6.54 Å².